The molecule has 1 unspecified atom stereocenters. The molecule has 0 aliphatic carbocycles. The number of sulfonamides is 1. The van der Waals surface area contributed by atoms with Gasteiger partial charge in [0.05, 0.1) is 5.41 Å². The molecule has 0 spiro atoms. The number of amides is 2. The van der Waals surface area contributed by atoms with Gasteiger partial charge in [-0.2, -0.15) is 4.89 Å². The minimum absolute atomic E-state index is 0.0242. The van der Waals surface area contributed by atoms with E-state index in [1.807, 2.05) is 4.72 Å². The van der Waals surface area contributed by atoms with E-state index >= 15 is 0 Å². The minimum atomic E-state index is -4.10. The van der Waals surface area contributed by atoms with E-state index in [0.717, 1.165) is 11.0 Å². The van der Waals surface area contributed by atoms with E-state index < -0.39 is 27.8 Å². The van der Waals surface area contributed by atoms with E-state index in [9.17, 15) is 18.0 Å². The number of nitrogens with zero attached hydrogens (tertiary/aromatic N) is 1. The molecule has 0 fully saturated rings. The Labute approximate surface area is 187 Å². The Morgan fingerprint density at radius 3 is 2.66 bits per heavy atom. The number of hydrogen-bond donors (Lipinski definition) is 1. The van der Waals surface area contributed by atoms with Crippen molar-refractivity contribution in [1.82, 2.24) is 4.72 Å². The van der Waals surface area contributed by atoms with Crippen LogP contribution in [0.2, 0.25) is 0 Å². The summed E-state index contributed by atoms with van der Waals surface area (Å²) in [5.41, 5.74) is 2.01. The molecule has 1 aliphatic rings. The van der Waals surface area contributed by atoms with Crippen LogP contribution in [0.4, 0.5) is 5.69 Å². The third kappa shape index (κ3) is 5.63. The highest BCUT2D eigenvalue weighted by Crippen LogP contribution is 2.31. The number of hydrogen-bond acceptors (Lipinski definition) is 6. The molecule has 2 aromatic carbocycles. The van der Waals surface area contributed by atoms with Gasteiger partial charge in [0.2, 0.25) is 11.8 Å². The van der Waals surface area contributed by atoms with Crippen LogP contribution in [0.3, 0.4) is 0 Å². The van der Waals surface area contributed by atoms with Gasteiger partial charge < -0.3 is 9.79 Å². The van der Waals surface area contributed by atoms with Crippen LogP contribution in [0, 0.1) is 5.92 Å². The first kappa shape index (κ1) is 23.2. The van der Waals surface area contributed by atoms with E-state index in [1.165, 1.54) is 17.1 Å². The molecule has 0 saturated carbocycles. The highest BCUT2D eigenvalue weighted by atomic mass is 32.2. The monoisotopic (exact) mass is 456 g/mol. The van der Waals surface area contributed by atoms with Gasteiger partial charge in [-0.1, -0.05) is 42.5 Å². The van der Waals surface area contributed by atoms with Crippen molar-refractivity contribution in [2.24, 2.45) is 5.92 Å². The van der Waals surface area contributed by atoms with Crippen molar-refractivity contribution >= 4 is 33.6 Å². The maximum atomic E-state index is 13.2. The van der Waals surface area contributed by atoms with Gasteiger partial charge in [0.25, 0.3) is 10.0 Å². The van der Waals surface area contributed by atoms with Gasteiger partial charge >= 0.3 is 0 Å². The van der Waals surface area contributed by atoms with Crippen molar-refractivity contribution in [3.8, 4) is 5.75 Å². The van der Waals surface area contributed by atoms with E-state index in [4.69, 9.17) is 9.78 Å². The van der Waals surface area contributed by atoms with Gasteiger partial charge in [-0.25, -0.2) is 13.1 Å². The highest BCUT2D eigenvalue weighted by molar-refractivity contribution is 7.93. The second-order valence-corrected chi connectivity index (χ2v) is 8.59. The standard InChI is InChI=1S/C23H24N2O6S/c1-3-8-20(22(26)24-32(28,29)14-13-17-9-6-5-7-10-17)23(27)25(4-2)19-12-11-18-16-30-31-21(18)15-19/h3,5-7,9-15,20H,1,4,8,16H2,2H3,(H,24,26)/b14-13+. The van der Waals surface area contributed by atoms with Crippen molar-refractivity contribution in [2.45, 2.75) is 20.0 Å². The molecule has 8 nitrogen and oxygen atoms in total. The van der Waals surface area contributed by atoms with Crippen LogP contribution in [0.1, 0.15) is 24.5 Å². The molecule has 2 aromatic rings. The van der Waals surface area contributed by atoms with Gasteiger partial charge in [0.1, 0.15) is 12.5 Å². The summed E-state index contributed by atoms with van der Waals surface area (Å²) in [4.78, 5) is 37.4. The summed E-state index contributed by atoms with van der Waals surface area (Å²) in [6, 6.07) is 13.9. The third-order valence-corrected chi connectivity index (χ3v) is 5.79. The lowest BCUT2D eigenvalue weighted by Crippen LogP contribution is -2.45. The molecule has 9 heteroatoms. The number of rotatable bonds is 9. The second-order valence-electron chi connectivity index (χ2n) is 7.02. The normalized spacial score (nSPS) is 13.8. The molecule has 0 saturated heterocycles. The topological polar surface area (TPSA) is 102 Å². The summed E-state index contributed by atoms with van der Waals surface area (Å²) in [6.07, 6.45) is 2.75. The molecule has 1 atom stereocenters. The summed E-state index contributed by atoms with van der Waals surface area (Å²) >= 11 is 0. The fraction of sp³-hybridized carbons (Fsp3) is 0.217. The van der Waals surface area contributed by atoms with Crippen molar-refractivity contribution in [3.63, 3.8) is 0 Å². The second kappa shape index (κ2) is 10.3. The van der Waals surface area contributed by atoms with Crippen molar-refractivity contribution in [3.05, 3.63) is 77.7 Å². The Kier molecular flexibility index (Phi) is 7.45. The Bertz CT molecular complexity index is 1130. The SMILES string of the molecule is C=CCC(C(=O)NS(=O)(=O)/C=C/c1ccccc1)C(=O)N(CC)c1ccc2c(c1)OOC2. The van der Waals surface area contributed by atoms with E-state index in [0.29, 0.717) is 23.6 Å². The average molecular weight is 457 g/mol. The Morgan fingerprint density at radius 1 is 1.22 bits per heavy atom. The first-order valence-corrected chi connectivity index (χ1v) is 11.5. The van der Waals surface area contributed by atoms with Crippen molar-refractivity contribution in [1.29, 1.82) is 0 Å². The predicted octanol–water partition coefficient (Wildman–Crippen LogP) is 3.17. The molecular formula is C23H24N2O6S. The number of allylic oxidation sites excluding steroid dienone is 1. The number of benzene rings is 2. The zero-order valence-corrected chi connectivity index (χ0v) is 18.4. The van der Waals surface area contributed by atoms with Gasteiger partial charge in [-0.15, -0.1) is 6.58 Å². The first-order valence-electron chi connectivity index (χ1n) is 9.99. The molecule has 1 aliphatic heterocycles. The average Bonchev–Trinajstić information content (AvgIpc) is 3.25. The number of anilines is 1. The first-order chi connectivity index (χ1) is 15.3. The number of carbonyl (C=O) groups excluding carboxylic acids is 2. The summed E-state index contributed by atoms with van der Waals surface area (Å²) in [7, 11) is -4.10. The third-order valence-electron chi connectivity index (χ3n) is 4.81. The number of nitrogens with one attached hydrogen (secondary N) is 1. The molecule has 1 N–H and O–H groups in total. The van der Waals surface area contributed by atoms with Crippen LogP contribution in [0.25, 0.3) is 6.08 Å². The summed E-state index contributed by atoms with van der Waals surface area (Å²) in [5, 5.41) is 0.894. The summed E-state index contributed by atoms with van der Waals surface area (Å²) in [5.74, 6) is -2.25. The Morgan fingerprint density at radius 2 is 1.97 bits per heavy atom. The molecule has 1 heterocycles. The lowest BCUT2D eigenvalue weighted by molar-refractivity contribution is -0.194. The van der Waals surface area contributed by atoms with Crippen LogP contribution >= 0.6 is 0 Å². The van der Waals surface area contributed by atoms with Crippen LogP contribution in [-0.2, 0) is 31.1 Å². The van der Waals surface area contributed by atoms with Crippen LogP contribution < -0.4 is 14.5 Å². The summed E-state index contributed by atoms with van der Waals surface area (Å²) in [6.45, 7) is 5.92. The molecule has 2 amide bonds. The number of carbonyl (C=O) groups is 2. The Balaban J connectivity index is 1.77. The molecule has 32 heavy (non-hydrogen) atoms. The largest absolute Gasteiger partial charge is 0.337 e. The maximum Gasteiger partial charge on any atom is 0.257 e. The van der Waals surface area contributed by atoms with Crippen LogP contribution in [-0.4, -0.2) is 26.8 Å². The lowest BCUT2D eigenvalue weighted by atomic mass is 10.0. The van der Waals surface area contributed by atoms with Crippen LogP contribution in [0.15, 0.2) is 66.6 Å². The molecule has 0 aromatic heterocycles. The smallest absolute Gasteiger partial charge is 0.257 e. The zero-order valence-electron chi connectivity index (χ0n) is 17.6. The molecule has 3 rings (SSSR count). The maximum absolute atomic E-state index is 13.2. The molecule has 0 radical (unpaired) electrons. The highest BCUT2D eigenvalue weighted by Gasteiger charge is 2.32. The van der Waals surface area contributed by atoms with E-state index in [-0.39, 0.29) is 13.0 Å². The van der Waals surface area contributed by atoms with Gasteiger partial charge in [-0.3, -0.25) is 9.59 Å². The van der Waals surface area contributed by atoms with E-state index in [2.05, 4.69) is 6.58 Å². The fourth-order valence-corrected chi connectivity index (χ4v) is 4.01. The molecule has 168 valence electrons. The molecule has 0 bridgehead atoms. The van der Waals surface area contributed by atoms with Crippen LogP contribution in [0.5, 0.6) is 5.75 Å². The molecular weight excluding hydrogens is 432 g/mol. The quantitative estimate of drug-likeness (QED) is 0.353. The zero-order chi connectivity index (χ0) is 23.1. The number of fused-ring (bicyclic) bond motifs is 1. The predicted molar refractivity (Wildman–Crippen MR) is 121 cm³/mol. The van der Waals surface area contributed by atoms with Gasteiger partial charge in [-0.05, 0) is 31.1 Å². The minimum Gasteiger partial charge on any atom is -0.337 e. The Hall–Kier alpha value is -3.43. The lowest BCUT2D eigenvalue weighted by Gasteiger charge is -2.25. The fourth-order valence-electron chi connectivity index (χ4n) is 3.18. The van der Waals surface area contributed by atoms with Gasteiger partial charge in [0, 0.05) is 23.9 Å². The van der Waals surface area contributed by atoms with Crippen molar-refractivity contribution in [2.75, 3.05) is 11.4 Å². The van der Waals surface area contributed by atoms with Gasteiger partial charge in [0.15, 0.2) is 5.75 Å². The summed E-state index contributed by atoms with van der Waals surface area (Å²) < 4.78 is 26.7. The van der Waals surface area contributed by atoms with E-state index in [1.54, 1.807) is 55.5 Å². The van der Waals surface area contributed by atoms with Crippen molar-refractivity contribution < 1.29 is 27.8 Å².